The summed E-state index contributed by atoms with van der Waals surface area (Å²) in [7, 11) is -3.79. The van der Waals surface area contributed by atoms with Crippen molar-refractivity contribution in [3.8, 4) is 0 Å². The Kier molecular flexibility index (Phi) is 3.41. The van der Waals surface area contributed by atoms with E-state index in [-0.39, 0.29) is 4.90 Å². The molecule has 1 unspecified atom stereocenters. The van der Waals surface area contributed by atoms with Crippen LogP contribution in [0.2, 0.25) is 0 Å². The fourth-order valence-electron chi connectivity index (χ4n) is 2.63. The first-order valence-corrected chi connectivity index (χ1v) is 8.16. The molecular weight excluding hydrogens is 291 g/mol. The maximum absolute atomic E-state index is 13.3. The Morgan fingerprint density at radius 2 is 2.05 bits per heavy atom. The SMILES string of the molecule is CC1CCN(S(=O)(=O)c2cncc(F)c2)c2ccccc21. The first-order chi connectivity index (χ1) is 10.00. The second-order valence-corrected chi connectivity index (χ2v) is 7.03. The van der Waals surface area contributed by atoms with Gasteiger partial charge in [-0.2, -0.15) is 0 Å². The van der Waals surface area contributed by atoms with Crippen LogP contribution in [0, 0.1) is 5.82 Å². The summed E-state index contributed by atoms with van der Waals surface area (Å²) in [5.74, 6) is -0.354. The molecular formula is C15H15FN2O2S. The van der Waals surface area contributed by atoms with Crippen LogP contribution in [0.4, 0.5) is 10.1 Å². The second-order valence-electron chi connectivity index (χ2n) is 5.16. The Hall–Kier alpha value is -1.95. The number of para-hydroxylation sites is 1. The van der Waals surface area contributed by atoms with Crippen LogP contribution in [-0.2, 0) is 10.0 Å². The van der Waals surface area contributed by atoms with Gasteiger partial charge in [-0.1, -0.05) is 25.1 Å². The Bertz CT molecular complexity index is 777. The summed E-state index contributed by atoms with van der Waals surface area (Å²) in [6.45, 7) is 2.46. The highest BCUT2D eigenvalue weighted by atomic mass is 32.2. The summed E-state index contributed by atoms with van der Waals surface area (Å²) in [6.07, 6.45) is 2.91. The molecule has 0 N–H and O–H groups in total. The number of pyridine rings is 1. The van der Waals surface area contributed by atoms with Crippen molar-refractivity contribution in [2.45, 2.75) is 24.2 Å². The van der Waals surface area contributed by atoms with E-state index in [1.54, 1.807) is 6.07 Å². The highest BCUT2D eigenvalue weighted by Gasteiger charge is 2.31. The van der Waals surface area contributed by atoms with E-state index in [1.165, 1.54) is 10.5 Å². The summed E-state index contributed by atoms with van der Waals surface area (Å²) in [5, 5.41) is 0. The molecule has 0 saturated heterocycles. The Morgan fingerprint density at radius 1 is 1.29 bits per heavy atom. The molecule has 1 aliphatic heterocycles. The molecule has 2 aromatic rings. The standard InChI is InChI=1S/C15H15FN2O2S/c1-11-6-7-18(15-5-3-2-4-14(11)15)21(19,20)13-8-12(16)9-17-10-13/h2-5,8-11H,6-7H2,1H3. The van der Waals surface area contributed by atoms with Gasteiger partial charge in [0.1, 0.15) is 10.7 Å². The number of rotatable bonds is 2. The van der Waals surface area contributed by atoms with Gasteiger partial charge < -0.3 is 0 Å². The number of sulfonamides is 1. The number of anilines is 1. The predicted octanol–water partition coefficient (Wildman–Crippen LogP) is 2.92. The zero-order valence-electron chi connectivity index (χ0n) is 11.5. The van der Waals surface area contributed by atoms with Gasteiger partial charge in [-0.15, -0.1) is 0 Å². The monoisotopic (exact) mass is 306 g/mol. The van der Waals surface area contributed by atoms with E-state index in [2.05, 4.69) is 11.9 Å². The minimum Gasteiger partial charge on any atom is -0.266 e. The van der Waals surface area contributed by atoms with Crippen molar-refractivity contribution in [3.63, 3.8) is 0 Å². The van der Waals surface area contributed by atoms with Gasteiger partial charge >= 0.3 is 0 Å². The van der Waals surface area contributed by atoms with Crippen molar-refractivity contribution in [1.29, 1.82) is 0 Å². The molecule has 0 aliphatic carbocycles. The van der Waals surface area contributed by atoms with E-state index < -0.39 is 15.8 Å². The van der Waals surface area contributed by atoms with Gasteiger partial charge in [0.15, 0.2) is 0 Å². The van der Waals surface area contributed by atoms with Crippen molar-refractivity contribution < 1.29 is 12.8 Å². The zero-order chi connectivity index (χ0) is 15.0. The molecule has 110 valence electrons. The molecule has 4 nitrogen and oxygen atoms in total. The largest absolute Gasteiger partial charge is 0.266 e. The van der Waals surface area contributed by atoms with Crippen LogP contribution in [0.5, 0.6) is 0 Å². The first-order valence-electron chi connectivity index (χ1n) is 6.72. The molecule has 1 aromatic carbocycles. The van der Waals surface area contributed by atoms with Crippen LogP contribution < -0.4 is 4.31 Å². The maximum atomic E-state index is 13.3. The Labute approximate surface area is 123 Å². The van der Waals surface area contributed by atoms with Gasteiger partial charge in [0.2, 0.25) is 0 Å². The number of hydrogen-bond acceptors (Lipinski definition) is 3. The maximum Gasteiger partial charge on any atom is 0.265 e. The third-order valence-corrected chi connectivity index (χ3v) is 5.55. The van der Waals surface area contributed by atoms with E-state index in [4.69, 9.17) is 0 Å². The molecule has 0 radical (unpaired) electrons. The van der Waals surface area contributed by atoms with E-state index in [0.717, 1.165) is 24.2 Å². The lowest BCUT2D eigenvalue weighted by molar-refractivity contribution is 0.573. The highest BCUT2D eigenvalue weighted by molar-refractivity contribution is 7.92. The molecule has 0 fully saturated rings. The summed E-state index contributed by atoms with van der Waals surface area (Å²) in [6, 6.07) is 8.43. The normalized spacial score (nSPS) is 18.4. The van der Waals surface area contributed by atoms with Crippen molar-refractivity contribution in [2.75, 3.05) is 10.8 Å². The average molecular weight is 306 g/mol. The van der Waals surface area contributed by atoms with Gasteiger partial charge in [-0.3, -0.25) is 9.29 Å². The Morgan fingerprint density at radius 3 is 2.81 bits per heavy atom. The third-order valence-electron chi connectivity index (χ3n) is 3.77. The Balaban J connectivity index is 2.11. The smallest absolute Gasteiger partial charge is 0.265 e. The third kappa shape index (κ3) is 2.40. The lowest BCUT2D eigenvalue weighted by Gasteiger charge is -2.33. The van der Waals surface area contributed by atoms with Crippen LogP contribution >= 0.6 is 0 Å². The van der Waals surface area contributed by atoms with Crippen LogP contribution in [0.15, 0.2) is 47.6 Å². The second kappa shape index (κ2) is 5.11. The molecule has 1 aromatic heterocycles. The number of aromatic nitrogens is 1. The van der Waals surface area contributed by atoms with Gasteiger partial charge in [0, 0.05) is 12.7 Å². The number of fused-ring (bicyclic) bond motifs is 1. The minimum atomic E-state index is -3.79. The zero-order valence-corrected chi connectivity index (χ0v) is 12.3. The highest BCUT2D eigenvalue weighted by Crippen LogP contribution is 2.37. The van der Waals surface area contributed by atoms with Crippen molar-refractivity contribution in [1.82, 2.24) is 4.98 Å². The van der Waals surface area contributed by atoms with Gasteiger partial charge in [0.25, 0.3) is 10.0 Å². The summed E-state index contributed by atoms with van der Waals surface area (Å²) >= 11 is 0. The molecule has 21 heavy (non-hydrogen) atoms. The minimum absolute atomic E-state index is 0.119. The number of halogens is 1. The van der Waals surface area contributed by atoms with Crippen LogP contribution in [0.1, 0.15) is 24.8 Å². The summed E-state index contributed by atoms with van der Waals surface area (Å²) < 4.78 is 40.1. The molecule has 0 amide bonds. The van der Waals surface area contributed by atoms with Gasteiger partial charge in [-0.25, -0.2) is 12.8 Å². The van der Waals surface area contributed by atoms with Gasteiger partial charge in [-0.05, 0) is 30.0 Å². The van der Waals surface area contributed by atoms with Crippen molar-refractivity contribution in [3.05, 3.63) is 54.1 Å². The summed E-state index contributed by atoms with van der Waals surface area (Å²) in [5.41, 5.74) is 1.66. The summed E-state index contributed by atoms with van der Waals surface area (Å²) in [4.78, 5) is 3.52. The molecule has 0 bridgehead atoms. The molecule has 6 heteroatoms. The van der Waals surface area contributed by atoms with Crippen molar-refractivity contribution in [2.24, 2.45) is 0 Å². The predicted molar refractivity (Wildman–Crippen MR) is 78.2 cm³/mol. The fraction of sp³-hybridized carbons (Fsp3) is 0.267. The number of nitrogens with zero attached hydrogens (tertiary/aromatic N) is 2. The number of benzene rings is 1. The average Bonchev–Trinajstić information content (AvgIpc) is 2.47. The van der Waals surface area contributed by atoms with Crippen LogP contribution in [0.3, 0.4) is 0 Å². The molecule has 3 rings (SSSR count). The van der Waals surface area contributed by atoms with E-state index in [0.29, 0.717) is 18.2 Å². The van der Waals surface area contributed by atoms with Crippen LogP contribution in [0.25, 0.3) is 0 Å². The first kappa shape index (κ1) is 14.0. The molecule has 2 heterocycles. The van der Waals surface area contributed by atoms with E-state index >= 15 is 0 Å². The lowest BCUT2D eigenvalue weighted by Crippen LogP contribution is -2.36. The van der Waals surface area contributed by atoms with Crippen LogP contribution in [-0.4, -0.2) is 19.9 Å². The van der Waals surface area contributed by atoms with Crippen molar-refractivity contribution >= 4 is 15.7 Å². The molecule has 1 aliphatic rings. The van der Waals surface area contributed by atoms with E-state index in [1.807, 2.05) is 18.2 Å². The van der Waals surface area contributed by atoms with E-state index in [9.17, 15) is 12.8 Å². The van der Waals surface area contributed by atoms with Gasteiger partial charge in [0.05, 0.1) is 11.9 Å². The lowest BCUT2D eigenvalue weighted by atomic mass is 9.93. The molecule has 1 atom stereocenters. The number of hydrogen-bond donors (Lipinski definition) is 0. The fourth-order valence-corrected chi connectivity index (χ4v) is 4.11. The molecule has 0 spiro atoms. The molecule has 0 saturated carbocycles. The topological polar surface area (TPSA) is 50.3 Å². The quantitative estimate of drug-likeness (QED) is 0.857.